The van der Waals surface area contributed by atoms with E-state index in [0.29, 0.717) is 6.54 Å². The number of hydrogen-bond acceptors (Lipinski definition) is 5. The van der Waals surface area contributed by atoms with E-state index in [0.717, 1.165) is 54.1 Å². The van der Waals surface area contributed by atoms with Gasteiger partial charge in [-0.15, -0.1) is 11.3 Å². The van der Waals surface area contributed by atoms with E-state index in [1.807, 2.05) is 38.1 Å². The second-order valence-corrected chi connectivity index (χ2v) is 8.20. The van der Waals surface area contributed by atoms with Crippen LogP contribution in [0.25, 0.3) is 10.6 Å². The molecule has 5 nitrogen and oxygen atoms in total. The first-order chi connectivity index (χ1) is 13.1. The van der Waals surface area contributed by atoms with Crippen molar-refractivity contribution in [1.29, 1.82) is 0 Å². The fourth-order valence-corrected chi connectivity index (χ4v) is 4.88. The van der Waals surface area contributed by atoms with Crippen LogP contribution in [0.3, 0.4) is 0 Å². The van der Waals surface area contributed by atoms with Crippen molar-refractivity contribution < 1.29 is 9.53 Å². The van der Waals surface area contributed by atoms with E-state index in [1.54, 1.807) is 18.4 Å². The van der Waals surface area contributed by atoms with Crippen LogP contribution in [-0.4, -0.2) is 24.5 Å². The molecule has 0 spiro atoms. The molecular weight excluding hydrogens is 358 g/mol. The summed E-state index contributed by atoms with van der Waals surface area (Å²) in [7, 11) is 1.67. The summed E-state index contributed by atoms with van der Waals surface area (Å²) in [5.41, 5.74) is 7.68. The van der Waals surface area contributed by atoms with Gasteiger partial charge in [-0.1, -0.05) is 13.8 Å². The van der Waals surface area contributed by atoms with Gasteiger partial charge < -0.3 is 15.8 Å². The minimum atomic E-state index is -0.471. The molecule has 0 bridgehead atoms. The van der Waals surface area contributed by atoms with Crippen LogP contribution in [0.1, 0.15) is 56.1 Å². The Morgan fingerprint density at radius 2 is 2.04 bits per heavy atom. The van der Waals surface area contributed by atoms with Crippen LogP contribution >= 0.6 is 11.3 Å². The van der Waals surface area contributed by atoms with Crippen molar-refractivity contribution in [2.75, 3.05) is 13.7 Å². The summed E-state index contributed by atoms with van der Waals surface area (Å²) in [6.07, 6.45) is 4.48. The molecule has 1 unspecified atom stereocenters. The lowest BCUT2D eigenvalue weighted by Crippen LogP contribution is -2.46. The highest BCUT2D eigenvalue weighted by atomic mass is 32.1. The van der Waals surface area contributed by atoms with Crippen molar-refractivity contribution in [3.8, 4) is 16.3 Å². The molecule has 3 rings (SSSR count). The van der Waals surface area contributed by atoms with Gasteiger partial charge in [0.05, 0.1) is 29.1 Å². The van der Waals surface area contributed by atoms with Crippen LogP contribution in [-0.2, 0) is 11.2 Å². The molecule has 0 aliphatic heterocycles. The predicted octanol–water partition coefficient (Wildman–Crippen LogP) is 4.08. The lowest BCUT2D eigenvalue weighted by molar-refractivity contribution is -0.131. The van der Waals surface area contributed by atoms with Crippen molar-refractivity contribution in [2.45, 2.75) is 52.0 Å². The Kier molecular flexibility index (Phi) is 6.17. The lowest BCUT2D eigenvalue weighted by atomic mass is 9.81. The molecule has 1 heterocycles. The van der Waals surface area contributed by atoms with Crippen LogP contribution in [0, 0.1) is 5.41 Å². The predicted molar refractivity (Wildman–Crippen MR) is 110 cm³/mol. The van der Waals surface area contributed by atoms with E-state index < -0.39 is 5.41 Å². The van der Waals surface area contributed by atoms with E-state index in [9.17, 15) is 4.79 Å². The zero-order valence-electron chi connectivity index (χ0n) is 16.4. The molecule has 1 aromatic heterocycles. The summed E-state index contributed by atoms with van der Waals surface area (Å²) in [6.45, 7) is 4.46. The van der Waals surface area contributed by atoms with E-state index >= 15 is 0 Å². The fraction of sp³-hybridized carbons (Fsp3) is 0.524. The average molecular weight is 388 g/mol. The molecule has 1 amide bonds. The number of methoxy groups -OCH3 is 1. The Bertz CT molecular complexity index is 773. The van der Waals surface area contributed by atoms with Crippen molar-refractivity contribution in [3.05, 3.63) is 34.8 Å². The highest BCUT2D eigenvalue weighted by Gasteiger charge is 2.36. The summed E-state index contributed by atoms with van der Waals surface area (Å²) in [5, 5.41) is 4.28. The third-order valence-corrected chi connectivity index (χ3v) is 7.08. The zero-order valence-corrected chi connectivity index (χ0v) is 17.2. The maximum Gasteiger partial charge on any atom is 0.227 e. The van der Waals surface area contributed by atoms with Crippen LogP contribution < -0.4 is 15.8 Å². The molecule has 3 N–H and O–H groups in total. The van der Waals surface area contributed by atoms with Gasteiger partial charge in [-0.3, -0.25) is 4.79 Å². The number of hydrogen-bond donors (Lipinski definition) is 2. The van der Waals surface area contributed by atoms with Crippen LogP contribution in [0.4, 0.5) is 0 Å². The largest absolute Gasteiger partial charge is 0.497 e. The first-order valence-electron chi connectivity index (χ1n) is 9.72. The number of aromatic nitrogens is 1. The Hall–Kier alpha value is -1.92. The number of ether oxygens (including phenoxy) is 1. The lowest BCUT2D eigenvalue weighted by Gasteiger charge is -2.32. The smallest absolute Gasteiger partial charge is 0.227 e. The number of thiazole rings is 1. The van der Waals surface area contributed by atoms with Crippen LogP contribution in [0.5, 0.6) is 5.75 Å². The number of carbonyl (C=O) groups is 1. The maximum absolute atomic E-state index is 13.0. The first-order valence-corrected chi connectivity index (χ1v) is 10.5. The number of aryl methyl sites for hydroxylation is 1. The average Bonchev–Trinajstić information content (AvgIpc) is 3.15. The van der Waals surface area contributed by atoms with E-state index in [1.165, 1.54) is 4.88 Å². The van der Waals surface area contributed by atoms with E-state index in [2.05, 4.69) is 5.32 Å². The van der Waals surface area contributed by atoms with E-state index in [4.69, 9.17) is 15.5 Å². The molecule has 1 aliphatic rings. The van der Waals surface area contributed by atoms with Gasteiger partial charge >= 0.3 is 0 Å². The maximum atomic E-state index is 13.0. The number of rotatable bonds is 7. The minimum Gasteiger partial charge on any atom is -0.497 e. The number of benzene rings is 1. The molecule has 1 aliphatic carbocycles. The highest BCUT2D eigenvalue weighted by molar-refractivity contribution is 7.15. The summed E-state index contributed by atoms with van der Waals surface area (Å²) in [4.78, 5) is 19.0. The molecule has 6 heteroatoms. The third kappa shape index (κ3) is 3.87. The number of carbonyl (C=O) groups excluding carboxylic acids is 1. The standard InChI is InChI=1S/C21H29N3O2S/c1-4-21(5-2,13-22)20(25)24-17-8-6-7-16-18(17)27-19(23-16)14-9-11-15(26-3)12-10-14/h9-12,17H,4-8,13,22H2,1-3H3,(H,24,25). The van der Waals surface area contributed by atoms with Gasteiger partial charge in [0.2, 0.25) is 5.91 Å². The zero-order chi connectivity index (χ0) is 19.4. The molecule has 146 valence electrons. The third-order valence-electron chi connectivity index (χ3n) is 5.82. The topological polar surface area (TPSA) is 77.2 Å². The monoisotopic (exact) mass is 387 g/mol. The quantitative estimate of drug-likeness (QED) is 0.750. The van der Waals surface area contributed by atoms with Gasteiger partial charge in [0, 0.05) is 12.1 Å². The van der Waals surface area contributed by atoms with E-state index in [-0.39, 0.29) is 11.9 Å². The summed E-state index contributed by atoms with van der Waals surface area (Å²) in [6, 6.07) is 8.00. The molecule has 27 heavy (non-hydrogen) atoms. The van der Waals surface area contributed by atoms with Crippen molar-refractivity contribution in [3.63, 3.8) is 0 Å². The number of amides is 1. The normalized spacial score (nSPS) is 16.7. The second kappa shape index (κ2) is 8.40. The minimum absolute atomic E-state index is 0.0368. The molecule has 0 radical (unpaired) electrons. The molecule has 0 fully saturated rings. The Morgan fingerprint density at radius 3 is 2.63 bits per heavy atom. The van der Waals surface area contributed by atoms with Crippen LogP contribution in [0.15, 0.2) is 24.3 Å². The Balaban J connectivity index is 1.84. The van der Waals surface area contributed by atoms with Gasteiger partial charge in [-0.2, -0.15) is 0 Å². The molecule has 1 aromatic carbocycles. The summed E-state index contributed by atoms with van der Waals surface area (Å²) < 4.78 is 5.24. The molecule has 0 saturated carbocycles. The van der Waals surface area contributed by atoms with Crippen LogP contribution in [0.2, 0.25) is 0 Å². The molecule has 0 saturated heterocycles. The Morgan fingerprint density at radius 1 is 1.33 bits per heavy atom. The fourth-order valence-electron chi connectivity index (χ4n) is 3.68. The summed E-state index contributed by atoms with van der Waals surface area (Å²) >= 11 is 1.69. The number of nitrogens with two attached hydrogens (primary N) is 1. The van der Waals surface area contributed by atoms with Crippen molar-refractivity contribution in [1.82, 2.24) is 10.3 Å². The first kappa shape index (κ1) is 19.8. The van der Waals surface area contributed by atoms with Crippen molar-refractivity contribution in [2.24, 2.45) is 11.1 Å². The molecular formula is C21H29N3O2S. The Labute approximate surface area is 165 Å². The number of nitrogens with zero attached hydrogens (tertiary/aromatic N) is 1. The van der Waals surface area contributed by atoms with Gasteiger partial charge in [0.25, 0.3) is 0 Å². The number of fused-ring (bicyclic) bond motifs is 1. The molecule has 2 aromatic rings. The van der Waals surface area contributed by atoms with Gasteiger partial charge in [0.1, 0.15) is 10.8 Å². The number of nitrogens with one attached hydrogen (secondary N) is 1. The second-order valence-electron chi connectivity index (χ2n) is 7.17. The summed E-state index contributed by atoms with van der Waals surface area (Å²) in [5.74, 6) is 0.912. The van der Waals surface area contributed by atoms with Crippen molar-refractivity contribution >= 4 is 17.2 Å². The SMILES string of the molecule is CCC(CC)(CN)C(=O)NC1CCCc2nc(-c3ccc(OC)cc3)sc21. The molecule has 1 atom stereocenters. The van der Waals surface area contributed by atoms with Gasteiger partial charge in [-0.25, -0.2) is 4.98 Å². The highest BCUT2D eigenvalue weighted by Crippen LogP contribution is 2.39. The van der Waals surface area contributed by atoms with Gasteiger partial charge in [0.15, 0.2) is 0 Å². The van der Waals surface area contributed by atoms with Gasteiger partial charge in [-0.05, 0) is 56.4 Å².